The van der Waals surface area contributed by atoms with Gasteiger partial charge in [0.05, 0.1) is 33.1 Å². The first kappa shape index (κ1) is 22.2. The molecule has 2 saturated heterocycles. The Hall–Kier alpha value is -2.58. The number of rotatable bonds is 6. The van der Waals surface area contributed by atoms with Crippen molar-refractivity contribution in [1.82, 2.24) is 14.9 Å². The lowest BCUT2D eigenvalue weighted by Crippen LogP contribution is -2.40. The van der Waals surface area contributed by atoms with Crippen LogP contribution in [0.1, 0.15) is 36.1 Å². The number of nitrogens with zero attached hydrogens (tertiary/aromatic N) is 5. The van der Waals surface area contributed by atoms with E-state index in [1.807, 2.05) is 6.07 Å². The average Bonchev–Trinajstić information content (AvgIpc) is 2.88. The summed E-state index contributed by atoms with van der Waals surface area (Å²) in [7, 11) is 3.39. The van der Waals surface area contributed by atoms with Crippen molar-refractivity contribution < 1.29 is 14.2 Å². The summed E-state index contributed by atoms with van der Waals surface area (Å²) in [5, 5.41) is 0. The second-order valence-corrected chi connectivity index (χ2v) is 9.10. The number of ether oxygens (including phenoxy) is 3. The third kappa shape index (κ3) is 5.01. The van der Waals surface area contributed by atoms with Crippen molar-refractivity contribution >= 4 is 11.8 Å². The molecule has 1 aromatic heterocycles. The monoisotopic (exact) mass is 453 g/mol. The third-order valence-corrected chi connectivity index (χ3v) is 6.87. The standard InChI is InChI=1S/C25H35N5O3/c1-31-20-14-19(15-21(16-20)32-2)17-28-9-6-23-22(18-28)24(29-10-12-33-13-11-29)27-25(26-23)30-7-4-3-5-8-30/h14-16H,3-13,17-18H2,1-2H3. The van der Waals surface area contributed by atoms with Crippen molar-refractivity contribution in [3.8, 4) is 11.5 Å². The molecule has 0 saturated carbocycles. The van der Waals surface area contributed by atoms with Gasteiger partial charge in [-0.3, -0.25) is 4.90 Å². The summed E-state index contributed by atoms with van der Waals surface area (Å²) >= 11 is 0. The van der Waals surface area contributed by atoms with E-state index in [4.69, 9.17) is 24.2 Å². The van der Waals surface area contributed by atoms with Crippen molar-refractivity contribution in [3.63, 3.8) is 0 Å². The Balaban J connectivity index is 1.42. The minimum absolute atomic E-state index is 0.755. The first-order valence-corrected chi connectivity index (χ1v) is 12.2. The first-order chi connectivity index (χ1) is 16.2. The van der Waals surface area contributed by atoms with E-state index in [1.165, 1.54) is 36.1 Å². The van der Waals surface area contributed by atoms with Crippen LogP contribution >= 0.6 is 0 Å². The molecule has 2 fully saturated rings. The van der Waals surface area contributed by atoms with Gasteiger partial charge >= 0.3 is 0 Å². The molecule has 0 amide bonds. The van der Waals surface area contributed by atoms with Gasteiger partial charge in [0.25, 0.3) is 0 Å². The van der Waals surface area contributed by atoms with Crippen LogP contribution in [0.25, 0.3) is 0 Å². The topological polar surface area (TPSA) is 63.2 Å². The average molecular weight is 454 g/mol. The molecule has 4 heterocycles. The predicted molar refractivity (Wildman–Crippen MR) is 128 cm³/mol. The molecular formula is C25H35N5O3. The second-order valence-electron chi connectivity index (χ2n) is 9.10. The Morgan fingerprint density at radius 1 is 0.848 bits per heavy atom. The third-order valence-electron chi connectivity index (χ3n) is 6.87. The highest BCUT2D eigenvalue weighted by atomic mass is 16.5. The van der Waals surface area contributed by atoms with Gasteiger partial charge in [0.2, 0.25) is 5.95 Å². The number of benzene rings is 1. The zero-order chi connectivity index (χ0) is 22.6. The van der Waals surface area contributed by atoms with Gasteiger partial charge in [0.1, 0.15) is 17.3 Å². The summed E-state index contributed by atoms with van der Waals surface area (Å²) in [5.74, 6) is 3.67. The van der Waals surface area contributed by atoms with Crippen LogP contribution < -0.4 is 19.3 Å². The van der Waals surface area contributed by atoms with Crippen molar-refractivity contribution in [2.24, 2.45) is 0 Å². The number of methoxy groups -OCH3 is 2. The Morgan fingerprint density at radius 3 is 2.27 bits per heavy atom. The fraction of sp³-hybridized carbons (Fsp3) is 0.600. The van der Waals surface area contributed by atoms with Crippen LogP contribution in [0, 0.1) is 0 Å². The lowest BCUT2D eigenvalue weighted by Gasteiger charge is -2.36. The molecule has 0 radical (unpaired) electrons. The fourth-order valence-corrected chi connectivity index (χ4v) is 5.06. The molecule has 8 nitrogen and oxygen atoms in total. The van der Waals surface area contributed by atoms with Crippen molar-refractivity contribution in [1.29, 1.82) is 0 Å². The molecule has 0 N–H and O–H groups in total. The number of morpholine rings is 1. The molecule has 33 heavy (non-hydrogen) atoms. The largest absolute Gasteiger partial charge is 0.497 e. The number of aromatic nitrogens is 2. The van der Waals surface area contributed by atoms with Gasteiger partial charge in [-0.15, -0.1) is 0 Å². The summed E-state index contributed by atoms with van der Waals surface area (Å²) in [5.41, 5.74) is 3.68. The number of hydrogen-bond donors (Lipinski definition) is 0. The molecule has 3 aliphatic rings. The van der Waals surface area contributed by atoms with Crippen LogP contribution in [0.3, 0.4) is 0 Å². The van der Waals surface area contributed by atoms with Crippen LogP contribution in [0.2, 0.25) is 0 Å². The normalized spacial score (nSPS) is 19.3. The van der Waals surface area contributed by atoms with Gasteiger partial charge in [0, 0.05) is 63.9 Å². The van der Waals surface area contributed by atoms with E-state index in [0.717, 1.165) is 88.7 Å². The van der Waals surface area contributed by atoms with Gasteiger partial charge < -0.3 is 24.0 Å². The van der Waals surface area contributed by atoms with E-state index in [9.17, 15) is 0 Å². The zero-order valence-corrected chi connectivity index (χ0v) is 19.9. The van der Waals surface area contributed by atoms with Crippen LogP contribution in [0.4, 0.5) is 11.8 Å². The van der Waals surface area contributed by atoms with Gasteiger partial charge in [-0.05, 0) is 37.0 Å². The molecule has 0 atom stereocenters. The van der Waals surface area contributed by atoms with Gasteiger partial charge in [-0.2, -0.15) is 4.98 Å². The summed E-state index contributed by atoms with van der Waals surface area (Å²) < 4.78 is 16.6. The highest BCUT2D eigenvalue weighted by molar-refractivity contribution is 5.54. The van der Waals surface area contributed by atoms with Crippen LogP contribution in [0.15, 0.2) is 18.2 Å². The minimum Gasteiger partial charge on any atom is -0.497 e. The van der Waals surface area contributed by atoms with Crippen molar-refractivity contribution in [2.75, 3.05) is 70.0 Å². The lowest BCUT2D eigenvalue weighted by atomic mass is 10.0. The fourth-order valence-electron chi connectivity index (χ4n) is 5.06. The lowest BCUT2D eigenvalue weighted by molar-refractivity contribution is 0.122. The molecule has 1 aromatic carbocycles. The Labute approximate surface area is 196 Å². The van der Waals surface area contributed by atoms with Gasteiger partial charge in [-0.25, -0.2) is 4.98 Å². The van der Waals surface area contributed by atoms with Crippen LogP contribution in [-0.4, -0.2) is 75.0 Å². The summed E-state index contributed by atoms with van der Waals surface area (Å²) in [6.07, 6.45) is 4.70. The molecule has 2 aromatic rings. The molecular weight excluding hydrogens is 418 g/mol. The Morgan fingerprint density at radius 2 is 1.58 bits per heavy atom. The molecule has 0 bridgehead atoms. The molecule has 178 valence electrons. The maximum Gasteiger partial charge on any atom is 0.227 e. The summed E-state index contributed by atoms with van der Waals surface area (Å²) in [4.78, 5) is 17.5. The van der Waals surface area contributed by atoms with Gasteiger partial charge in [0.15, 0.2) is 0 Å². The van der Waals surface area contributed by atoms with E-state index in [2.05, 4.69) is 26.8 Å². The number of fused-ring (bicyclic) bond motifs is 1. The minimum atomic E-state index is 0.755. The van der Waals surface area contributed by atoms with Gasteiger partial charge in [-0.1, -0.05) is 0 Å². The smallest absolute Gasteiger partial charge is 0.227 e. The van der Waals surface area contributed by atoms with Crippen LogP contribution in [-0.2, 0) is 24.2 Å². The predicted octanol–water partition coefficient (Wildman–Crippen LogP) is 2.88. The maximum atomic E-state index is 5.63. The van der Waals surface area contributed by atoms with E-state index in [0.29, 0.717) is 0 Å². The number of hydrogen-bond acceptors (Lipinski definition) is 8. The Kier molecular flexibility index (Phi) is 6.83. The second kappa shape index (κ2) is 10.1. The first-order valence-electron chi connectivity index (χ1n) is 12.2. The van der Waals surface area contributed by atoms with E-state index in [-0.39, 0.29) is 0 Å². The number of piperidine rings is 1. The molecule has 0 aliphatic carbocycles. The number of anilines is 2. The van der Waals surface area contributed by atoms with E-state index >= 15 is 0 Å². The quantitative estimate of drug-likeness (QED) is 0.662. The molecule has 0 unspecified atom stereocenters. The molecule has 3 aliphatic heterocycles. The van der Waals surface area contributed by atoms with Crippen molar-refractivity contribution in [3.05, 3.63) is 35.0 Å². The van der Waals surface area contributed by atoms with Crippen molar-refractivity contribution in [2.45, 2.75) is 38.8 Å². The zero-order valence-electron chi connectivity index (χ0n) is 19.9. The highest BCUT2D eigenvalue weighted by Crippen LogP contribution is 2.32. The molecule has 0 spiro atoms. The van der Waals surface area contributed by atoms with Crippen LogP contribution in [0.5, 0.6) is 11.5 Å². The summed E-state index contributed by atoms with van der Waals surface area (Å²) in [6, 6.07) is 6.11. The van der Waals surface area contributed by atoms with E-state index in [1.54, 1.807) is 14.2 Å². The highest BCUT2D eigenvalue weighted by Gasteiger charge is 2.28. The summed E-state index contributed by atoms with van der Waals surface area (Å²) in [6.45, 7) is 8.06. The molecule has 5 rings (SSSR count). The molecule has 8 heteroatoms. The Bertz CT molecular complexity index is 935. The van der Waals surface area contributed by atoms with E-state index < -0.39 is 0 Å². The SMILES string of the molecule is COc1cc(CN2CCc3nc(N4CCCCC4)nc(N4CCOCC4)c3C2)cc(OC)c1. The maximum absolute atomic E-state index is 5.63.